The Balaban J connectivity index is 1.72. The number of hydrazone groups is 1. The van der Waals surface area contributed by atoms with Crippen LogP contribution in [0.25, 0.3) is 5.69 Å². The summed E-state index contributed by atoms with van der Waals surface area (Å²) in [5.74, 6) is 1.17. The summed E-state index contributed by atoms with van der Waals surface area (Å²) < 4.78 is 7.47. The van der Waals surface area contributed by atoms with E-state index in [0.29, 0.717) is 0 Å². The summed E-state index contributed by atoms with van der Waals surface area (Å²) in [7, 11) is 0. The third-order valence-electron chi connectivity index (χ3n) is 4.83. The quantitative estimate of drug-likeness (QED) is 0.803. The molecule has 0 atom stereocenters. The van der Waals surface area contributed by atoms with E-state index in [-0.39, 0.29) is 0 Å². The number of hydrogen-bond donors (Lipinski definition) is 0. The average molecular weight is 339 g/mol. The normalized spacial score (nSPS) is 18.4. The molecule has 1 aromatic heterocycles. The van der Waals surface area contributed by atoms with Crippen LogP contribution < -0.4 is 4.90 Å². The molecule has 0 amide bonds. The van der Waals surface area contributed by atoms with Gasteiger partial charge in [0.2, 0.25) is 0 Å². The van der Waals surface area contributed by atoms with Gasteiger partial charge in [-0.2, -0.15) is 10.2 Å². The van der Waals surface area contributed by atoms with Crippen LogP contribution in [0.3, 0.4) is 0 Å². The van der Waals surface area contributed by atoms with E-state index in [2.05, 4.69) is 45.8 Å². The maximum atomic E-state index is 5.40. The van der Waals surface area contributed by atoms with E-state index < -0.39 is 0 Å². The van der Waals surface area contributed by atoms with E-state index in [1.165, 1.54) is 18.7 Å². The number of ether oxygens (including phenoxy) is 1. The van der Waals surface area contributed by atoms with Crippen molar-refractivity contribution in [3.05, 3.63) is 41.6 Å². The lowest BCUT2D eigenvalue weighted by atomic mass is 10.2. The van der Waals surface area contributed by atoms with Crippen molar-refractivity contribution in [2.75, 3.05) is 44.3 Å². The van der Waals surface area contributed by atoms with Crippen LogP contribution in [0.5, 0.6) is 0 Å². The highest BCUT2D eigenvalue weighted by molar-refractivity contribution is 5.89. The van der Waals surface area contributed by atoms with Crippen molar-refractivity contribution in [2.24, 2.45) is 5.10 Å². The first-order valence-corrected chi connectivity index (χ1v) is 9.09. The van der Waals surface area contributed by atoms with Crippen LogP contribution >= 0.6 is 0 Å². The average Bonchev–Trinajstić information content (AvgIpc) is 3.29. The minimum atomic E-state index is 0.749. The molecule has 4 rings (SSSR count). The van der Waals surface area contributed by atoms with Gasteiger partial charge in [0, 0.05) is 13.1 Å². The number of para-hydroxylation sites is 1. The molecular weight excluding hydrogens is 314 g/mol. The molecule has 6 heteroatoms. The van der Waals surface area contributed by atoms with E-state index in [9.17, 15) is 0 Å². The zero-order valence-corrected chi connectivity index (χ0v) is 14.8. The van der Waals surface area contributed by atoms with Gasteiger partial charge in [0.15, 0.2) is 0 Å². The van der Waals surface area contributed by atoms with Gasteiger partial charge in [-0.1, -0.05) is 18.2 Å². The van der Waals surface area contributed by atoms with Gasteiger partial charge >= 0.3 is 0 Å². The molecule has 2 fully saturated rings. The fraction of sp³-hybridized carbons (Fsp3) is 0.474. The minimum absolute atomic E-state index is 0.749. The summed E-state index contributed by atoms with van der Waals surface area (Å²) >= 11 is 0. The van der Waals surface area contributed by atoms with Gasteiger partial charge in [-0.15, -0.1) is 0 Å². The lowest BCUT2D eigenvalue weighted by Crippen LogP contribution is -2.32. The topological polar surface area (TPSA) is 45.9 Å². The number of rotatable bonds is 4. The van der Waals surface area contributed by atoms with E-state index in [1.54, 1.807) is 0 Å². The maximum Gasteiger partial charge on any atom is 0.141 e. The second-order valence-electron chi connectivity index (χ2n) is 6.57. The Morgan fingerprint density at radius 2 is 1.76 bits per heavy atom. The molecule has 25 heavy (non-hydrogen) atoms. The fourth-order valence-corrected chi connectivity index (χ4v) is 3.47. The largest absolute Gasteiger partial charge is 0.378 e. The standard InChI is InChI=1S/C19H25N5O/c1-16-18(15-20-23-11-13-25-14-12-23)19(22-9-5-6-10-22)24(21-16)17-7-3-2-4-8-17/h2-4,7-8,15H,5-6,9-14H2,1H3/b20-15+. The molecule has 1 aromatic carbocycles. The first kappa shape index (κ1) is 16.1. The molecule has 2 aliphatic heterocycles. The molecule has 0 N–H and O–H groups in total. The number of nitrogens with zero attached hydrogens (tertiary/aromatic N) is 5. The monoisotopic (exact) mass is 339 g/mol. The van der Waals surface area contributed by atoms with Crippen LogP contribution in [-0.4, -0.2) is 60.4 Å². The first-order valence-electron chi connectivity index (χ1n) is 9.09. The minimum Gasteiger partial charge on any atom is -0.378 e. The van der Waals surface area contributed by atoms with E-state index in [4.69, 9.17) is 14.9 Å². The number of hydrogen-bond acceptors (Lipinski definition) is 5. The van der Waals surface area contributed by atoms with Crippen molar-refractivity contribution in [2.45, 2.75) is 19.8 Å². The van der Waals surface area contributed by atoms with Gasteiger partial charge in [-0.25, -0.2) is 4.68 Å². The lowest BCUT2D eigenvalue weighted by Gasteiger charge is -2.24. The molecule has 2 aromatic rings. The summed E-state index contributed by atoms with van der Waals surface area (Å²) in [6.45, 7) is 7.42. The van der Waals surface area contributed by atoms with E-state index in [1.807, 2.05) is 12.3 Å². The van der Waals surface area contributed by atoms with Crippen molar-refractivity contribution in [1.29, 1.82) is 0 Å². The summed E-state index contributed by atoms with van der Waals surface area (Å²) in [5, 5.41) is 11.6. The zero-order chi connectivity index (χ0) is 17.1. The van der Waals surface area contributed by atoms with Crippen LogP contribution in [-0.2, 0) is 4.74 Å². The smallest absolute Gasteiger partial charge is 0.141 e. The number of benzene rings is 1. The predicted molar refractivity (Wildman–Crippen MR) is 99.7 cm³/mol. The molecule has 0 aliphatic carbocycles. The van der Waals surface area contributed by atoms with Crippen molar-refractivity contribution < 1.29 is 4.74 Å². The van der Waals surface area contributed by atoms with Gasteiger partial charge in [0.05, 0.1) is 49.5 Å². The van der Waals surface area contributed by atoms with Crippen LogP contribution in [0.1, 0.15) is 24.1 Å². The summed E-state index contributed by atoms with van der Waals surface area (Å²) in [6, 6.07) is 10.4. The molecule has 0 radical (unpaired) electrons. The van der Waals surface area contributed by atoms with Crippen LogP contribution in [0.15, 0.2) is 35.4 Å². The molecule has 0 bridgehead atoms. The van der Waals surface area contributed by atoms with Gasteiger partial charge < -0.3 is 9.64 Å². The van der Waals surface area contributed by atoms with Crippen LogP contribution in [0.2, 0.25) is 0 Å². The lowest BCUT2D eigenvalue weighted by molar-refractivity contribution is 0.0397. The fourth-order valence-electron chi connectivity index (χ4n) is 3.47. The highest BCUT2D eigenvalue weighted by atomic mass is 16.5. The van der Waals surface area contributed by atoms with Crippen molar-refractivity contribution >= 4 is 12.0 Å². The highest BCUT2D eigenvalue weighted by Crippen LogP contribution is 2.29. The molecule has 0 unspecified atom stereocenters. The molecule has 0 spiro atoms. The van der Waals surface area contributed by atoms with Crippen molar-refractivity contribution in [3.63, 3.8) is 0 Å². The predicted octanol–water partition coefficient (Wildman–Crippen LogP) is 2.45. The van der Waals surface area contributed by atoms with E-state index >= 15 is 0 Å². The van der Waals surface area contributed by atoms with Crippen LogP contribution in [0.4, 0.5) is 5.82 Å². The SMILES string of the molecule is Cc1nn(-c2ccccc2)c(N2CCCC2)c1/C=N/N1CCOCC1. The Hall–Kier alpha value is -2.34. The molecule has 3 heterocycles. The molecular formula is C19H25N5O. The number of aromatic nitrogens is 2. The Morgan fingerprint density at radius 1 is 1.04 bits per heavy atom. The van der Waals surface area contributed by atoms with Crippen LogP contribution in [0, 0.1) is 6.92 Å². The highest BCUT2D eigenvalue weighted by Gasteiger charge is 2.23. The molecule has 6 nitrogen and oxygen atoms in total. The van der Waals surface area contributed by atoms with Crippen molar-refractivity contribution in [1.82, 2.24) is 14.8 Å². The van der Waals surface area contributed by atoms with Gasteiger partial charge in [0.25, 0.3) is 0 Å². The number of anilines is 1. The third kappa shape index (κ3) is 3.39. The van der Waals surface area contributed by atoms with E-state index in [0.717, 1.165) is 56.3 Å². The Labute approximate surface area is 148 Å². The summed E-state index contributed by atoms with van der Waals surface area (Å²) in [5.41, 5.74) is 3.23. The Kier molecular flexibility index (Phi) is 4.70. The maximum absolute atomic E-state index is 5.40. The molecule has 132 valence electrons. The van der Waals surface area contributed by atoms with Crippen molar-refractivity contribution in [3.8, 4) is 5.69 Å². The molecule has 2 aliphatic rings. The van der Waals surface area contributed by atoms with Gasteiger partial charge in [0.1, 0.15) is 5.82 Å². The first-order chi connectivity index (χ1) is 12.3. The van der Waals surface area contributed by atoms with Gasteiger partial charge in [-0.05, 0) is 31.9 Å². The number of aryl methyl sites for hydroxylation is 1. The third-order valence-corrected chi connectivity index (χ3v) is 4.83. The Morgan fingerprint density at radius 3 is 2.48 bits per heavy atom. The summed E-state index contributed by atoms with van der Waals surface area (Å²) in [6.07, 6.45) is 4.46. The summed E-state index contributed by atoms with van der Waals surface area (Å²) in [4.78, 5) is 2.44. The molecule has 2 saturated heterocycles. The zero-order valence-electron chi connectivity index (χ0n) is 14.8. The molecule has 0 saturated carbocycles. The van der Waals surface area contributed by atoms with Gasteiger partial charge in [-0.3, -0.25) is 5.01 Å². The number of morpholine rings is 1. The second-order valence-corrected chi connectivity index (χ2v) is 6.57. The Bertz CT molecular complexity index is 728. The second kappa shape index (κ2) is 7.27.